The number of amides is 1. The maximum atomic E-state index is 12.7. The second-order valence-corrected chi connectivity index (χ2v) is 5.87. The van der Waals surface area contributed by atoms with Crippen LogP contribution >= 0.6 is 0 Å². The van der Waals surface area contributed by atoms with Crippen LogP contribution in [0.15, 0.2) is 48.7 Å². The van der Waals surface area contributed by atoms with Gasteiger partial charge in [-0.05, 0) is 36.6 Å². The van der Waals surface area contributed by atoms with E-state index in [-0.39, 0.29) is 11.9 Å². The van der Waals surface area contributed by atoms with Crippen molar-refractivity contribution < 1.29 is 4.79 Å². The summed E-state index contributed by atoms with van der Waals surface area (Å²) in [4.78, 5) is 21.1. The Morgan fingerprint density at radius 3 is 2.59 bits per heavy atom. The molecule has 0 bridgehead atoms. The monoisotopic (exact) mass is 295 g/mol. The minimum absolute atomic E-state index is 0.111. The molecule has 1 atom stereocenters. The number of likely N-dealkylation sites (tertiary alicyclic amines) is 1. The summed E-state index contributed by atoms with van der Waals surface area (Å²) in [5.41, 5.74) is 1.87. The molecule has 0 radical (unpaired) electrons. The van der Waals surface area contributed by atoms with E-state index in [4.69, 9.17) is 0 Å². The van der Waals surface area contributed by atoms with Gasteiger partial charge in [0.2, 0.25) is 0 Å². The van der Waals surface area contributed by atoms with E-state index in [0.717, 1.165) is 36.3 Å². The van der Waals surface area contributed by atoms with Gasteiger partial charge in [0.1, 0.15) is 5.82 Å². The van der Waals surface area contributed by atoms with Crippen molar-refractivity contribution in [1.29, 1.82) is 0 Å². The number of carbonyl (C=O) groups excluding carboxylic acids is 1. The summed E-state index contributed by atoms with van der Waals surface area (Å²) < 4.78 is 0. The molecule has 4 heteroatoms. The zero-order valence-corrected chi connectivity index (χ0v) is 13.1. The Hall–Kier alpha value is -2.36. The molecule has 0 saturated carbocycles. The van der Waals surface area contributed by atoms with Crippen LogP contribution in [0.5, 0.6) is 0 Å². The molecule has 0 spiro atoms. The lowest BCUT2D eigenvalue weighted by Gasteiger charge is -2.25. The van der Waals surface area contributed by atoms with Crippen LogP contribution in [0.1, 0.15) is 34.8 Å². The molecule has 1 fully saturated rings. The van der Waals surface area contributed by atoms with Gasteiger partial charge in [-0.1, -0.05) is 24.3 Å². The number of nitrogens with zero attached hydrogens (tertiary/aromatic N) is 3. The third-order valence-corrected chi connectivity index (χ3v) is 4.15. The maximum absolute atomic E-state index is 12.7. The van der Waals surface area contributed by atoms with E-state index in [0.29, 0.717) is 0 Å². The third kappa shape index (κ3) is 2.82. The van der Waals surface area contributed by atoms with Crippen LogP contribution in [0.3, 0.4) is 0 Å². The van der Waals surface area contributed by atoms with Gasteiger partial charge in [0, 0.05) is 32.4 Å². The fourth-order valence-corrected chi connectivity index (χ4v) is 2.96. The molecule has 1 aliphatic heterocycles. The first-order valence-corrected chi connectivity index (χ1v) is 7.66. The summed E-state index contributed by atoms with van der Waals surface area (Å²) in [5, 5.41) is 0. The van der Waals surface area contributed by atoms with Crippen molar-refractivity contribution in [2.24, 2.45) is 0 Å². The van der Waals surface area contributed by atoms with Gasteiger partial charge in [-0.3, -0.25) is 4.79 Å². The minimum Gasteiger partial charge on any atom is -0.363 e. The van der Waals surface area contributed by atoms with Crippen LogP contribution in [-0.2, 0) is 0 Å². The van der Waals surface area contributed by atoms with Crippen LogP contribution in [0.2, 0.25) is 0 Å². The number of rotatable bonds is 3. The molecule has 3 rings (SSSR count). The van der Waals surface area contributed by atoms with Crippen molar-refractivity contribution in [3.05, 3.63) is 59.8 Å². The summed E-state index contributed by atoms with van der Waals surface area (Å²) in [7, 11) is 3.95. The lowest BCUT2D eigenvalue weighted by molar-refractivity contribution is 0.0735. The Morgan fingerprint density at radius 2 is 1.95 bits per heavy atom. The zero-order chi connectivity index (χ0) is 15.5. The van der Waals surface area contributed by atoms with Gasteiger partial charge in [-0.15, -0.1) is 0 Å². The number of anilines is 1. The van der Waals surface area contributed by atoms with Crippen LogP contribution in [-0.4, -0.2) is 36.4 Å². The van der Waals surface area contributed by atoms with E-state index >= 15 is 0 Å². The Balaban J connectivity index is 1.82. The predicted octanol–water partition coefficient (Wildman–Crippen LogP) is 3.12. The molecule has 2 heterocycles. The average Bonchev–Trinajstić information content (AvgIpc) is 3.04. The first-order chi connectivity index (χ1) is 10.7. The molecular weight excluding hydrogens is 274 g/mol. The Labute approximate surface area is 131 Å². The standard InChI is InChI=1S/C18H21N3O/c1-20(2)17-11-10-15(13-19-17)16-9-6-12-21(16)18(22)14-7-4-3-5-8-14/h3-5,7-8,10-11,13,16H,6,9,12H2,1-2H3/t16-/m1/s1. The molecule has 1 amide bonds. The highest BCUT2D eigenvalue weighted by atomic mass is 16.2. The highest BCUT2D eigenvalue weighted by molar-refractivity contribution is 5.94. The lowest BCUT2D eigenvalue weighted by atomic mass is 10.1. The van der Waals surface area contributed by atoms with E-state index in [1.54, 1.807) is 0 Å². The largest absolute Gasteiger partial charge is 0.363 e. The third-order valence-electron chi connectivity index (χ3n) is 4.15. The topological polar surface area (TPSA) is 36.4 Å². The fourth-order valence-electron chi connectivity index (χ4n) is 2.96. The number of hydrogen-bond acceptors (Lipinski definition) is 3. The van der Waals surface area contributed by atoms with Gasteiger partial charge >= 0.3 is 0 Å². The second kappa shape index (κ2) is 6.18. The fraction of sp³-hybridized carbons (Fsp3) is 0.333. The number of hydrogen-bond donors (Lipinski definition) is 0. The molecule has 114 valence electrons. The molecule has 22 heavy (non-hydrogen) atoms. The van der Waals surface area contributed by atoms with Crippen molar-refractivity contribution in [2.45, 2.75) is 18.9 Å². The van der Waals surface area contributed by atoms with Gasteiger partial charge in [-0.2, -0.15) is 0 Å². The van der Waals surface area contributed by atoms with E-state index in [9.17, 15) is 4.79 Å². The van der Waals surface area contributed by atoms with Crippen molar-refractivity contribution in [1.82, 2.24) is 9.88 Å². The number of aromatic nitrogens is 1. The highest BCUT2D eigenvalue weighted by Crippen LogP contribution is 2.33. The molecule has 1 aliphatic rings. The molecule has 0 aliphatic carbocycles. The van der Waals surface area contributed by atoms with Crippen molar-refractivity contribution >= 4 is 11.7 Å². The first-order valence-electron chi connectivity index (χ1n) is 7.66. The van der Waals surface area contributed by atoms with E-state index in [1.165, 1.54) is 0 Å². The average molecular weight is 295 g/mol. The second-order valence-electron chi connectivity index (χ2n) is 5.87. The van der Waals surface area contributed by atoms with Gasteiger partial charge in [-0.25, -0.2) is 4.98 Å². The van der Waals surface area contributed by atoms with Gasteiger partial charge < -0.3 is 9.80 Å². The molecule has 2 aromatic rings. The van der Waals surface area contributed by atoms with Gasteiger partial charge in [0.05, 0.1) is 6.04 Å². The quantitative estimate of drug-likeness (QED) is 0.873. The lowest BCUT2D eigenvalue weighted by Crippen LogP contribution is -2.30. The molecule has 4 nitrogen and oxygen atoms in total. The van der Waals surface area contributed by atoms with Crippen LogP contribution < -0.4 is 4.90 Å². The van der Waals surface area contributed by atoms with E-state index < -0.39 is 0 Å². The number of carbonyl (C=O) groups is 1. The van der Waals surface area contributed by atoms with Gasteiger partial charge in [0.15, 0.2) is 0 Å². The maximum Gasteiger partial charge on any atom is 0.254 e. The summed E-state index contributed by atoms with van der Waals surface area (Å²) in [6.45, 7) is 0.813. The van der Waals surface area contributed by atoms with Crippen LogP contribution in [0, 0.1) is 0 Å². The first kappa shape index (κ1) is 14.6. The predicted molar refractivity (Wildman–Crippen MR) is 88.0 cm³/mol. The minimum atomic E-state index is 0.111. The van der Waals surface area contributed by atoms with Crippen molar-refractivity contribution in [2.75, 3.05) is 25.5 Å². The molecular formula is C18H21N3O. The summed E-state index contributed by atoms with van der Waals surface area (Å²) >= 11 is 0. The smallest absolute Gasteiger partial charge is 0.254 e. The summed E-state index contributed by atoms with van der Waals surface area (Å²) in [6, 6.07) is 13.7. The van der Waals surface area contributed by atoms with Gasteiger partial charge in [0.25, 0.3) is 5.91 Å². The SMILES string of the molecule is CN(C)c1ccc([C@H]2CCCN2C(=O)c2ccccc2)cn1. The van der Waals surface area contributed by atoms with E-state index in [1.807, 2.05) is 66.5 Å². The zero-order valence-electron chi connectivity index (χ0n) is 13.1. The van der Waals surface area contributed by atoms with Crippen molar-refractivity contribution in [3.8, 4) is 0 Å². The Morgan fingerprint density at radius 1 is 1.18 bits per heavy atom. The van der Waals surface area contributed by atoms with E-state index in [2.05, 4.69) is 11.1 Å². The molecule has 0 unspecified atom stereocenters. The normalized spacial score (nSPS) is 17.5. The summed E-state index contributed by atoms with van der Waals surface area (Å²) in [6.07, 6.45) is 3.94. The Bertz CT molecular complexity index is 637. The molecule has 1 saturated heterocycles. The number of benzene rings is 1. The van der Waals surface area contributed by atoms with Crippen LogP contribution in [0.25, 0.3) is 0 Å². The Kier molecular flexibility index (Phi) is 4.09. The molecule has 1 aromatic heterocycles. The highest BCUT2D eigenvalue weighted by Gasteiger charge is 2.30. The number of pyridine rings is 1. The molecule has 1 aromatic carbocycles. The molecule has 0 N–H and O–H groups in total. The van der Waals surface area contributed by atoms with Crippen molar-refractivity contribution in [3.63, 3.8) is 0 Å². The summed E-state index contributed by atoms with van der Waals surface area (Å²) in [5.74, 6) is 1.04. The van der Waals surface area contributed by atoms with Crippen LogP contribution in [0.4, 0.5) is 5.82 Å².